The average Bonchev–Trinajstić information content (AvgIpc) is 1.82. The molecule has 0 aromatic rings. The minimum Gasteiger partial charge on any atom is -0.394 e. The maximum Gasteiger partial charge on any atom is 0.312 e. The molecule has 1 atom stereocenters. The van der Waals surface area contributed by atoms with Crippen LogP contribution in [0.5, 0.6) is 0 Å². The molecular weight excluding hydrogens is 120 g/mol. The van der Waals surface area contributed by atoms with Gasteiger partial charge in [0, 0.05) is 0 Å². The van der Waals surface area contributed by atoms with E-state index in [1.807, 2.05) is 6.92 Å². The number of carbonyl (C=O) groups is 1. The first-order valence-corrected chi connectivity index (χ1v) is 2.87. The summed E-state index contributed by atoms with van der Waals surface area (Å²) in [5.74, 6) is 0. The minimum atomic E-state index is -0.587. The monoisotopic (exact) mass is 132 g/mol. The summed E-state index contributed by atoms with van der Waals surface area (Å²) in [6.07, 6.45) is 0.694. The van der Waals surface area contributed by atoms with Crippen molar-refractivity contribution in [3.05, 3.63) is 0 Å². The van der Waals surface area contributed by atoms with E-state index < -0.39 is 6.03 Å². The Morgan fingerprint density at radius 1 is 1.89 bits per heavy atom. The molecule has 0 saturated carbocycles. The van der Waals surface area contributed by atoms with Crippen LogP contribution in [0.25, 0.3) is 0 Å². The summed E-state index contributed by atoms with van der Waals surface area (Å²) in [5.41, 5.74) is 4.78. The lowest BCUT2D eigenvalue weighted by atomic mass is 10.2. The molecule has 0 aliphatic carbocycles. The van der Waals surface area contributed by atoms with Crippen LogP contribution in [0.1, 0.15) is 13.3 Å². The van der Waals surface area contributed by atoms with Crippen LogP contribution in [0.15, 0.2) is 0 Å². The number of hydrogen-bond donors (Lipinski definition) is 3. The molecule has 4 N–H and O–H groups in total. The molecule has 0 fully saturated rings. The first-order valence-electron chi connectivity index (χ1n) is 2.87. The highest BCUT2D eigenvalue weighted by atomic mass is 16.3. The molecule has 0 aromatic carbocycles. The summed E-state index contributed by atoms with van der Waals surface area (Å²) in [4.78, 5) is 10.1. The SMILES string of the molecule is CC[C@H](CO)NC(N)=O. The number of urea groups is 1. The predicted octanol–water partition coefficient (Wildman–Crippen LogP) is -0.574. The van der Waals surface area contributed by atoms with E-state index in [1.165, 1.54) is 0 Å². The Labute approximate surface area is 54.0 Å². The smallest absolute Gasteiger partial charge is 0.312 e. The lowest BCUT2D eigenvalue weighted by Gasteiger charge is -2.10. The molecule has 0 spiro atoms. The van der Waals surface area contributed by atoms with Gasteiger partial charge in [0.1, 0.15) is 0 Å². The third-order valence-corrected chi connectivity index (χ3v) is 1.06. The number of nitrogens with one attached hydrogen (secondary N) is 1. The molecule has 0 heterocycles. The molecule has 2 amide bonds. The van der Waals surface area contributed by atoms with Crippen LogP contribution in [-0.2, 0) is 0 Å². The van der Waals surface area contributed by atoms with Crippen LogP contribution >= 0.6 is 0 Å². The first-order chi connectivity index (χ1) is 4.20. The Morgan fingerprint density at radius 2 is 2.44 bits per heavy atom. The van der Waals surface area contributed by atoms with Crippen LogP contribution in [0.4, 0.5) is 4.79 Å². The van der Waals surface area contributed by atoms with Gasteiger partial charge in [0.25, 0.3) is 0 Å². The summed E-state index contributed by atoms with van der Waals surface area (Å²) in [6.45, 7) is 1.80. The van der Waals surface area contributed by atoms with Crippen LogP contribution in [-0.4, -0.2) is 23.8 Å². The fraction of sp³-hybridized carbons (Fsp3) is 0.800. The normalized spacial score (nSPS) is 12.7. The van der Waals surface area contributed by atoms with Crippen molar-refractivity contribution in [2.24, 2.45) is 5.73 Å². The van der Waals surface area contributed by atoms with Crippen molar-refractivity contribution >= 4 is 6.03 Å². The third kappa shape index (κ3) is 3.78. The van der Waals surface area contributed by atoms with Crippen molar-refractivity contribution < 1.29 is 9.90 Å². The van der Waals surface area contributed by atoms with Gasteiger partial charge in [-0.2, -0.15) is 0 Å². The second kappa shape index (κ2) is 4.14. The van der Waals surface area contributed by atoms with Gasteiger partial charge in [0.2, 0.25) is 0 Å². The zero-order valence-electron chi connectivity index (χ0n) is 5.42. The molecule has 54 valence electrons. The van der Waals surface area contributed by atoms with Crippen molar-refractivity contribution in [3.63, 3.8) is 0 Å². The molecule has 0 aliphatic heterocycles. The molecule has 0 rings (SSSR count). The third-order valence-electron chi connectivity index (χ3n) is 1.06. The molecule has 0 aliphatic rings. The van der Waals surface area contributed by atoms with Gasteiger partial charge in [-0.25, -0.2) is 4.79 Å². The van der Waals surface area contributed by atoms with Gasteiger partial charge in [-0.1, -0.05) is 6.92 Å². The van der Waals surface area contributed by atoms with E-state index in [2.05, 4.69) is 5.32 Å². The van der Waals surface area contributed by atoms with Gasteiger partial charge in [0.05, 0.1) is 12.6 Å². The number of rotatable bonds is 3. The Hall–Kier alpha value is -0.770. The van der Waals surface area contributed by atoms with Crippen molar-refractivity contribution in [2.75, 3.05) is 6.61 Å². The van der Waals surface area contributed by atoms with E-state index in [1.54, 1.807) is 0 Å². The summed E-state index contributed by atoms with van der Waals surface area (Å²) in [7, 11) is 0. The van der Waals surface area contributed by atoms with E-state index in [0.29, 0.717) is 6.42 Å². The number of amides is 2. The zero-order valence-corrected chi connectivity index (χ0v) is 5.42. The second-order valence-corrected chi connectivity index (χ2v) is 1.80. The first kappa shape index (κ1) is 8.23. The van der Waals surface area contributed by atoms with Gasteiger partial charge in [-0.15, -0.1) is 0 Å². The van der Waals surface area contributed by atoms with E-state index in [-0.39, 0.29) is 12.6 Å². The minimum absolute atomic E-state index is 0.0561. The Bertz CT molecular complexity index is 91.0. The molecule has 4 heteroatoms. The van der Waals surface area contributed by atoms with Gasteiger partial charge in [-0.3, -0.25) is 0 Å². The van der Waals surface area contributed by atoms with Gasteiger partial charge < -0.3 is 16.2 Å². The quantitative estimate of drug-likeness (QED) is 0.480. The summed E-state index contributed by atoms with van der Waals surface area (Å²) in [5, 5.41) is 10.9. The number of carbonyl (C=O) groups excluding carboxylic acids is 1. The highest BCUT2D eigenvalue weighted by Crippen LogP contribution is 1.86. The van der Waals surface area contributed by atoms with Crippen LogP contribution < -0.4 is 11.1 Å². The maximum atomic E-state index is 10.1. The standard InChI is InChI=1S/C5H12N2O2/c1-2-4(3-8)7-5(6)9/h4,8H,2-3H2,1H3,(H3,6,7,9)/t4-/m1/s1. The molecule has 4 nitrogen and oxygen atoms in total. The van der Waals surface area contributed by atoms with Crippen molar-refractivity contribution in [2.45, 2.75) is 19.4 Å². The lowest BCUT2D eigenvalue weighted by molar-refractivity contribution is 0.220. The fourth-order valence-electron chi connectivity index (χ4n) is 0.478. The van der Waals surface area contributed by atoms with Crippen molar-refractivity contribution in [3.8, 4) is 0 Å². The zero-order chi connectivity index (χ0) is 7.28. The van der Waals surface area contributed by atoms with Crippen molar-refractivity contribution in [1.82, 2.24) is 5.32 Å². The predicted molar refractivity (Wildman–Crippen MR) is 33.9 cm³/mol. The van der Waals surface area contributed by atoms with Crippen molar-refractivity contribution in [1.29, 1.82) is 0 Å². The number of aliphatic hydroxyl groups is 1. The van der Waals surface area contributed by atoms with Gasteiger partial charge >= 0.3 is 6.03 Å². The molecule has 0 bridgehead atoms. The van der Waals surface area contributed by atoms with Crippen LogP contribution in [0.2, 0.25) is 0 Å². The van der Waals surface area contributed by atoms with E-state index in [4.69, 9.17) is 10.8 Å². The molecule has 9 heavy (non-hydrogen) atoms. The Morgan fingerprint density at radius 3 is 2.56 bits per heavy atom. The second-order valence-electron chi connectivity index (χ2n) is 1.80. The van der Waals surface area contributed by atoms with Crippen LogP contribution in [0.3, 0.4) is 0 Å². The molecule has 0 radical (unpaired) electrons. The summed E-state index contributed by atoms with van der Waals surface area (Å²) in [6, 6.07) is -0.779. The van der Waals surface area contributed by atoms with E-state index in [9.17, 15) is 4.79 Å². The molecule has 0 aromatic heterocycles. The Kier molecular flexibility index (Phi) is 3.79. The molecule has 0 unspecified atom stereocenters. The lowest BCUT2D eigenvalue weighted by Crippen LogP contribution is -2.40. The van der Waals surface area contributed by atoms with Crippen LogP contribution in [0, 0.1) is 0 Å². The summed E-state index contributed by atoms with van der Waals surface area (Å²) < 4.78 is 0. The molecule has 0 saturated heterocycles. The average molecular weight is 132 g/mol. The highest BCUT2D eigenvalue weighted by molar-refractivity contribution is 5.71. The molecular formula is C5H12N2O2. The van der Waals surface area contributed by atoms with E-state index in [0.717, 1.165) is 0 Å². The van der Waals surface area contributed by atoms with E-state index >= 15 is 0 Å². The van der Waals surface area contributed by atoms with Gasteiger partial charge in [0.15, 0.2) is 0 Å². The highest BCUT2D eigenvalue weighted by Gasteiger charge is 2.03. The maximum absolute atomic E-state index is 10.1. The number of aliphatic hydroxyl groups excluding tert-OH is 1. The number of hydrogen-bond acceptors (Lipinski definition) is 2. The summed E-state index contributed by atoms with van der Waals surface area (Å²) >= 11 is 0. The number of nitrogens with two attached hydrogens (primary N) is 1. The largest absolute Gasteiger partial charge is 0.394 e. The Balaban J connectivity index is 3.43. The number of primary amides is 1. The topological polar surface area (TPSA) is 75.3 Å². The van der Waals surface area contributed by atoms with Gasteiger partial charge in [-0.05, 0) is 6.42 Å². The fourth-order valence-corrected chi connectivity index (χ4v) is 0.478.